The van der Waals surface area contributed by atoms with Crippen molar-refractivity contribution in [1.82, 2.24) is 23.4 Å². The fourth-order valence-electron chi connectivity index (χ4n) is 3.89. The lowest BCUT2D eigenvalue weighted by molar-refractivity contribution is 0.165. The zero-order valence-corrected chi connectivity index (χ0v) is 16.9. The Balaban J connectivity index is 1.41. The first-order chi connectivity index (χ1) is 13.4. The molecule has 9 heteroatoms. The number of hydrogen-bond donors (Lipinski definition) is 0. The van der Waals surface area contributed by atoms with E-state index in [2.05, 4.69) is 14.8 Å². The standard InChI is InChI=1S/C19H26FN5O2S/c1-22-5-9-24(10-6-22)28(26,27)25-11-7-23(8-12-25)15-17-14-18(20)13-16-3-2-4-21-19(16)17/h2-4,13-14H,5-12,15H2,1H3. The van der Waals surface area contributed by atoms with Crippen molar-refractivity contribution in [1.29, 1.82) is 0 Å². The maximum absolute atomic E-state index is 14.0. The molecule has 28 heavy (non-hydrogen) atoms. The zero-order chi connectivity index (χ0) is 19.7. The summed E-state index contributed by atoms with van der Waals surface area (Å²) in [6, 6.07) is 6.68. The van der Waals surface area contributed by atoms with Crippen LogP contribution in [0.1, 0.15) is 5.56 Å². The van der Waals surface area contributed by atoms with Crippen LogP contribution in [0.3, 0.4) is 0 Å². The van der Waals surface area contributed by atoms with Gasteiger partial charge in [-0.1, -0.05) is 6.07 Å². The van der Waals surface area contributed by atoms with Gasteiger partial charge in [-0.05, 0) is 30.8 Å². The summed E-state index contributed by atoms with van der Waals surface area (Å²) >= 11 is 0. The van der Waals surface area contributed by atoms with Crippen molar-refractivity contribution in [2.45, 2.75) is 6.54 Å². The molecule has 2 aromatic rings. The Kier molecular flexibility index (Phi) is 5.62. The van der Waals surface area contributed by atoms with Crippen molar-refractivity contribution < 1.29 is 12.8 Å². The molecule has 0 saturated carbocycles. The van der Waals surface area contributed by atoms with Crippen molar-refractivity contribution >= 4 is 21.1 Å². The molecule has 0 unspecified atom stereocenters. The van der Waals surface area contributed by atoms with E-state index in [0.717, 1.165) is 29.6 Å². The minimum atomic E-state index is -3.41. The van der Waals surface area contributed by atoms with Crippen LogP contribution < -0.4 is 0 Å². The highest BCUT2D eigenvalue weighted by Gasteiger charge is 2.33. The molecule has 0 amide bonds. The number of rotatable bonds is 4. The molecule has 0 spiro atoms. The molecule has 1 aromatic heterocycles. The number of fused-ring (bicyclic) bond motifs is 1. The lowest BCUT2D eigenvalue weighted by Gasteiger charge is -2.39. The van der Waals surface area contributed by atoms with E-state index in [4.69, 9.17) is 0 Å². The van der Waals surface area contributed by atoms with Gasteiger partial charge in [0.15, 0.2) is 0 Å². The monoisotopic (exact) mass is 407 g/mol. The number of likely N-dealkylation sites (N-methyl/N-ethyl adjacent to an activating group) is 1. The molecule has 7 nitrogen and oxygen atoms in total. The van der Waals surface area contributed by atoms with Gasteiger partial charge in [0.05, 0.1) is 5.52 Å². The molecule has 0 N–H and O–H groups in total. The first-order valence-corrected chi connectivity index (χ1v) is 11.0. The molecule has 2 saturated heterocycles. The Morgan fingerprint density at radius 3 is 2.32 bits per heavy atom. The minimum Gasteiger partial charge on any atom is -0.304 e. The molecule has 2 aliphatic heterocycles. The second-order valence-electron chi connectivity index (χ2n) is 7.53. The first kappa shape index (κ1) is 19.7. The van der Waals surface area contributed by atoms with E-state index in [1.54, 1.807) is 20.9 Å². The van der Waals surface area contributed by atoms with E-state index in [1.165, 1.54) is 12.1 Å². The van der Waals surface area contributed by atoms with Gasteiger partial charge in [0, 0.05) is 70.5 Å². The van der Waals surface area contributed by atoms with E-state index in [1.807, 2.05) is 13.1 Å². The molecule has 152 valence electrons. The number of pyridine rings is 1. The summed E-state index contributed by atoms with van der Waals surface area (Å²) in [5, 5.41) is 0.786. The topological polar surface area (TPSA) is 60.0 Å². The van der Waals surface area contributed by atoms with Crippen molar-refractivity contribution in [3.05, 3.63) is 41.8 Å². The summed E-state index contributed by atoms with van der Waals surface area (Å²) in [6.07, 6.45) is 1.71. The number of nitrogens with zero attached hydrogens (tertiary/aromatic N) is 5. The fraction of sp³-hybridized carbons (Fsp3) is 0.526. The summed E-state index contributed by atoms with van der Waals surface area (Å²) in [6.45, 7) is 5.33. The smallest absolute Gasteiger partial charge is 0.282 e. The van der Waals surface area contributed by atoms with Gasteiger partial charge in [-0.25, -0.2) is 4.39 Å². The van der Waals surface area contributed by atoms with E-state index in [0.29, 0.717) is 45.8 Å². The van der Waals surface area contributed by atoms with Crippen LogP contribution in [-0.2, 0) is 16.8 Å². The lowest BCUT2D eigenvalue weighted by atomic mass is 10.1. The summed E-state index contributed by atoms with van der Waals surface area (Å²) < 4.78 is 42.9. The number of aromatic nitrogens is 1. The van der Waals surface area contributed by atoms with Crippen molar-refractivity contribution in [3.8, 4) is 0 Å². The van der Waals surface area contributed by atoms with Gasteiger partial charge in [-0.2, -0.15) is 17.0 Å². The molecule has 0 atom stereocenters. The van der Waals surface area contributed by atoms with Gasteiger partial charge >= 0.3 is 0 Å². The van der Waals surface area contributed by atoms with E-state index in [-0.39, 0.29) is 5.82 Å². The van der Waals surface area contributed by atoms with Gasteiger partial charge in [-0.15, -0.1) is 0 Å². The van der Waals surface area contributed by atoms with Gasteiger partial charge in [-0.3, -0.25) is 9.88 Å². The lowest BCUT2D eigenvalue weighted by Crippen LogP contribution is -2.56. The SMILES string of the molecule is CN1CCN(S(=O)(=O)N2CCN(Cc3cc(F)cc4cccnc34)CC2)CC1. The second-order valence-corrected chi connectivity index (χ2v) is 9.45. The zero-order valence-electron chi connectivity index (χ0n) is 16.1. The molecular formula is C19H26FN5O2S. The third-order valence-corrected chi connectivity index (χ3v) is 7.62. The Morgan fingerprint density at radius 1 is 1.00 bits per heavy atom. The number of halogens is 1. The maximum atomic E-state index is 14.0. The summed E-state index contributed by atoms with van der Waals surface area (Å²) in [5.74, 6) is -0.271. The van der Waals surface area contributed by atoms with Crippen LogP contribution in [0, 0.1) is 5.82 Å². The van der Waals surface area contributed by atoms with Crippen molar-refractivity contribution in [2.24, 2.45) is 0 Å². The van der Waals surface area contributed by atoms with Crippen LogP contribution in [-0.4, -0.2) is 91.2 Å². The summed E-state index contributed by atoms with van der Waals surface area (Å²) in [4.78, 5) is 8.70. The fourth-order valence-corrected chi connectivity index (χ4v) is 5.47. The molecule has 0 radical (unpaired) electrons. The molecule has 4 rings (SSSR count). The first-order valence-electron chi connectivity index (χ1n) is 9.63. The molecule has 0 bridgehead atoms. The van der Waals surface area contributed by atoms with Crippen LogP contribution in [0.15, 0.2) is 30.5 Å². The van der Waals surface area contributed by atoms with E-state index < -0.39 is 10.2 Å². The number of benzene rings is 1. The molecule has 2 fully saturated rings. The van der Waals surface area contributed by atoms with Crippen molar-refractivity contribution in [2.75, 3.05) is 59.4 Å². The third-order valence-electron chi connectivity index (χ3n) is 5.59. The second kappa shape index (κ2) is 8.00. The van der Waals surface area contributed by atoms with Crippen LogP contribution in [0.2, 0.25) is 0 Å². The molecular weight excluding hydrogens is 381 g/mol. The minimum absolute atomic E-state index is 0.271. The van der Waals surface area contributed by atoms with E-state index >= 15 is 0 Å². The maximum Gasteiger partial charge on any atom is 0.282 e. The van der Waals surface area contributed by atoms with Crippen LogP contribution in [0.25, 0.3) is 10.9 Å². The van der Waals surface area contributed by atoms with Gasteiger partial charge in [0.1, 0.15) is 5.82 Å². The van der Waals surface area contributed by atoms with Crippen LogP contribution in [0.4, 0.5) is 4.39 Å². The van der Waals surface area contributed by atoms with Crippen molar-refractivity contribution in [3.63, 3.8) is 0 Å². The Labute approximate surface area is 165 Å². The van der Waals surface area contributed by atoms with Gasteiger partial charge in [0.2, 0.25) is 0 Å². The Bertz CT molecular complexity index is 938. The van der Waals surface area contributed by atoms with Gasteiger partial charge < -0.3 is 4.90 Å². The van der Waals surface area contributed by atoms with Crippen LogP contribution >= 0.6 is 0 Å². The largest absolute Gasteiger partial charge is 0.304 e. The predicted octanol–water partition coefficient (Wildman–Crippen LogP) is 0.984. The Morgan fingerprint density at radius 2 is 1.64 bits per heavy atom. The average molecular weight is 408 g/mol. The van der Waals surface area contributed by atoms with E-state index in [9.17, 15) is 12.8 Å². The molecule has 3 heterocycles. The average Bonchev–Trinajstić information content (AvgIpc) is 2.68. The quantitative estimate of drug-likeness (QED) is 0.756. The third kappa shape index (κ3) is 4.04. The normalized spacial score (nSPS) is 21.4. The highest BCUT2D eigenvalue weighted by molar-refractivity contribution is 7.86. The summed E-state index contributed by atoms with van der Waals surface area (Å²) in [7, 11) is -1.40. The Hall–Kier alpha value is -1.65. The highest BCUT2D eigenvalue weighted by Crippen LogP contribution is 2.21. The molecule has 0 aliphatic carbocycles. The van der Waals surface area contributed by atoms with Crippen LogP contribution in [0.5, 0.6) is 0 Å². The number of hydrogen-bond acceptors (Lipinski definition) is 5. The van der Waals surface area contributed by atoms with Gasteiger partial charge in [0.25, 0.3) is 10.2 Å². The highest BCUT2D eigenvalue weighted by atomic mass is 32.2. The predicted molar refractivity (Wildman–Crippen MR) is 107 cm³/mol. The number of piperazine rings is 2. The molecule has 2 aliphatic rings. The molecule has 1 aromatic carbocycles. The summed E-state index contributed by atoms with van der Waals surface area (Å²) in [5.41, 5.74) is 1.64.